The van der Waals surface area contributed by atoms with Crippen molar-refractivity contribution in [1.29, 1.82) is 0 Å². The Labute approximate surface area is 95.0 Å². The summed E-state index contributed by atoms with van der Waals surface area (Å²) < 4.78 is 5.78. The molecule has 0 aromatic rings. The predicted octanol–water partition coefficient (Wildman–Crippen LogP) is 3.52. The van der Waals surface area contributed by atoms with Gasteiger partial charge in [-0.15, -0.1) is 0 Å². The Morgan fingerprint density at radius 3 is 2.20 bits per heavy atom. The minimum atomic E-state index is -0.257. The van der Waals surface area contributed by atoms with Crippen molar-refractivity contribution in [3.63, 3.8) is 0 Å². The lowest BCUT2D eigenvalue weighted by molar-refractivity contribution is -0.0195. The number of ether oxygens (including phenoxy) is 1. The molecule has 0 unspecified atom stereocenters. The van der Waals surface area contributed by atoms with Gasteiger partial charge in [-0.1, -0.05) is 32.6 Å². The van der Waals surface area contributed by atoms with Crippen LogP contribution in [-0.2, 0) is 4.74 Å². The van der Waals surface area contributed by atoms with Gasteiger partial charge in [0.05, 0.1) is 18.3 Å². The van der Waals surface area contributed by atoms with Gasteiger partial charge in [0.15, 0.2) is 0 Å². The van der Waals surface area contributed by atoms with Crippen molar-refractivity contribution in [3.8, 4) is 0 Å². The standard InChI is InChI=1S/C13H28O2/c1-5-6-7-8-9-12(3)15-13(4)10-11(2)14/h11-14H,5-10H2,1-4H3/t11-,12+,13-/m1/s1. The first-order valence-electron chi connectivity index (χ1n) is 6.39. The highest BCUT2D eigenvalue weighted by molar-refractivity contribution is 4.59. The van der Waals surface area contributed by atoms with E-state index in [0.717, 1.165) is 12.8 Å². The first kappa shape index (κ1) is 14.9. The summed E-state index contributed by atoms with van der Waals surface area (Å²) in [6, 6.07) is 0. The highest BCUT2D eigenvalue weighted by atomic mass is 16.5. The van der Waals surface area contributed by atoms with Crippen LogP contribution < -0.4 is 0 Å². The van der Waals surface area contributed by atoms with E-state index in [1.54, 1.807) is 0 Å². The zero-order valence-electron chi connectivity index (χ0n) is 10.8. The van der Waals surface area contributed by atoms with Crippen molar-refractivity contribution in [3.05, 3.63) is 0 Å². The largest absolute Gasteiger partial charge is 0.393 e. The van der Waals surface area contributed by atoms with E-state index < -0.39 is 0 Å². The molecule has 0 heterocycles. The van der Waals surface area contributed by atoms with E-state index in [0.29, 0.717) is 6.10 Å². The molecule has 0 aliphatic heterocycles. The number of aliphatic hydroxyl groups excluding tert-OH is 1. The SMILES string of the molecule is CCCCCC[C@H](C)O[C@H](C)C[C@@H](C)O. The van der Waals surface area contributed by atoms with Crippen molar-refractivity contribution in [2.45, 2.75) is 84.5 Å². The molecule has 1 N–H and O–H groups in total. The van der Waals surface area contributed by atoms with E-state index in [-0.39, 0.29) is 12.2 Å². The van der Waals surface area contributed by atoms with Gasteiger partial charge in [-0.25, -0.2) is 0 Å². The molecule has 0 aromatic heterocycles. The van der Waals surface area contributed by atoms with Crippen LogP contribution in [0.5, 0.6) is 0 Å². The molecule has 0 aliphatic carbocycles. The topological polar surface area (TPSA) is 29.5 Å². The molecule has 15 heavy (non-hydrogen) atoms. The zero-order chi connectivity index (χ0) is 11.7. The Morgan fingerprint density at radius 1 is 1.00 bits per heavy atom. The number of aliphatic hydroxyl groups is 1. The summed E-state index contributed by atoms with van der Waals surface area (Å²) in [7, 11) is 0. The van der Waals surface area contributed by atoms with Crippen molar-refractivity contribution in [2.24, 2.45) is 0 Å². The molecule has 0 radical (unpaired) electrons. The average Bonchev–Trinajstić information content (AvgIpc) is 2.10. The summed E-state index contributed by atoms with van der Waals surface area (Å²) in [5, 5.41) is 9.20. The molecule has 0 saturated heterocycles. The quantitative estimate of drug-likeness (QED) is 0.598. The molecule has 3 atom stereocenters. The summed E-state index contributed by atoms with van der Waals surface area (Å²) in [6.07, 6.45) is 7.31. The number of hydrogen-bond donors (Lipinski definition) is 1. The molecule has 2 heteroatoms. The van der Waals surface area contributed by atoms with Crippen LogP contribution in [0.2, 0.25) is 0 Å². The Balaban J connectivity index is 3.42. The third kappa shape index (κ3) is 10.2. The summed E-state index contributed by atoms with van der Waals surface area (Å²) in [4.78, 5) is 0. The van der Waals surface area contributed by atoms with E-state index in [1.165, 1.54) is 25.7 Å². The van der Waals surface area contributed by atoms with E-state index in [9.17, 15) is 5.11 Å². The van der Waals surface area contributed by atoms with Crippen LogP contribution in [0.1, 0.15) is 66.2 Å². The summed E-state index contributed by atoms with van der Waals surface area (Å²) >= 11 is 0. The first-order valence-corrected chi connectivity index (χ1v) is 6.39. The van der Waals surface area contributed by atoms with Gasteiger partial charge < -0.3 is 9.84 Å². The number of rotatable bonds is 9. The molecule has 92 valence electrons. The van der Waals surface area contributed by atoms with Crippen LogP contribution in [0.15, 0.2) is 0 Å². The fourth-order valence-electron chi connectivity index (χ4n) is 1.86. The first-order chi connectivity index (χ1) is 7.06. The third-order valence-electron chi connectivity index (χ3n) is 2.60. The van der Waals surface area contributed by atoms with Crippen LogP contribution in [0.3, 0.4) is 0 Å². The van der Waals surface area contributed by atoms with Crippen molar-refractivity contribution >= 4 is 0 Å². The monoisotopic (exact) mass is 216 g/mol. The second-order valence-corrected chi connectivity index (χ2v) is 4.69. The molecular formula is C13H28O2. The molecule has 0 spiro atoms. The fourth-order valence-corrected chi connectivity index (χ4v) is 1.86. The lowest BCUT2D eigenvalue weighted by Crippen LogP contribution is -2.21. The van der Waals surface area contributed by atoms with Gasteiger partial charge in [0, 0.05) is 0 Å². The Bertz CT molecular complexity index is 134. The summed E-state index contributed by atoms with van der Waals surface area (Å²) in [5.74, 6) is 0. The Hall–Kier alpha value is -0.0800. The number of hydrogen-bond acceptors (Lipinski definition) is 2. The van der Waals surface area contributed by atoms with E-state index >= 15 is 0 Å². The molecule has 0 rings (SSSR count). The molecular weight excluding hydrogens is 188 g/mol. The lowest BCUT2D eigenvalue weighted by atomic mass is 10.1. The Kier molecular flexibility index (Phi) is 9.12. The van der Waals surface area contributed by atoms with Gasteiger partial charge in [-0.3, -0.25) is 0 Å². The van der Waals surface area contributed by atoms with Crippen LogP contribution in [-0.4, -0.2) is 23.4 Å². The minimum Gasteiger partial charge on any atom is -0.393 e. The normalized spacial score (nSPS) is 17.4. The lowest BCUT2D eigenvalue weighted by Gasteiger charge is -2.20. The van der Waals surface area contributed by atoms with Crippen LogP contribution in [0.4, 0.5) is 0 Å². The summed E-state index contributed by atoms with van der Waals surface area (Å²) in [5.41, 5.74) is 0. The predicted molar refractivity (Wildman–Crippen MR) is 65.1 cm³/mol. The van der Waals surface area contributed by atoms with Gasteiger partial charge in [-0.05, 0) is 33.6 Å². The van der Waals surface area contributed by atoms with Crippen molar-refractivity contribution in [2.75, 3.05) is 0 Å². The molecule has 0 bridgehead atoms. The zero-order valence-corrected chi connectivity index (χ0v) is 10.8. The van der Waals surface area contributed by atoms with E-state index in [4.69, 9.17) is 4.74 Å². The smallest absolute Gasteiger partial charge is 0.0575 e. The van der Waals surface area contributed by atoms with Gasteiger partial charge in [0.1, 0.15) is 0 Å². The van der Waals surface area contributed by atoms with Crippen molar-refractivity contribution in [1.82, 2.24) is 0 Å². The fraction of sp³-hybridized carbons (Fsp3) is 1.00. The van der Waals surface area contributed by atoms with Gasteiger partial charge in [0.2, 0.25) is 0 Å². The molecule has 0 fully saturated rings. The van der Waals surface area contributed by atoms with Gasteiger partial charge in [0.25, 0.3) is 0 Å². The van der Waals surface area contributed by atoms with E-state index in [2.05, 4.69) is 13.8 Å². The minimum absolute atomic E-state index is 0.172. The maximum absolute atomic E-state index is 9.20. The van der Waals surface area contributed by atoms with Crippen LogP contribution >= 0.6 is 0 Å². The highest BCUT2D eigenvalue weighted by Gasteiger charge is 2.10. The number of unbranched alkanes of at least 4 members (excludes halogenated alkanes) is 3. The van der Waals surface area contributed by atoms with Gasteiger partial charge >= 0.3 is 0 Å². The molecule has 0 aromatic carbocycles. The Morgan fingerprint density at radius 2 is 1.67 bits per heavy atom. The van der Waals surface area contributed by atoms with E-state index in [1.807, 2.05) is 13.8 Å². The molecule has 0 saturated carbocycles. The molecule has 2 nitrogen and oxygen atoms in total. The van der Waals surface area contributed by atoms with Crippen LogP contribution in [0.25, 0.3) is 0 Å². The van der Waals surface area contributed by atoms with Crippen LogP contribution in [0, 0.1) is 0 Å². The molecule has 0 amide bonds. The highest BCUT2D eigenvalue weighted by Crippen LogP contribution is 2.11. The average molecular weight is 216 g/mol. The maximum Gasteiger partial charge on any atom is 0.0575 e. The second kappa shape index (κ2) is 9.17. The second-order valence-electron chi connectivity index (χ2n) is 4.69. The van der Waals surface area contributed by atoms with Crippen molar-refractivity contribution < 1.29 is 9.84 Å². The maximum atomic E-state index is 9.20. The summed E-state index contributed by atoms with van der Waals surface area (Å²) in [6.45, 7) is 8.20. The van der Waals surface area contributed by atoms with Gasteiger partial charge in [-0.2, -0.15) is 0 Å². The molecule has 0 aliphatic rings. The third-order valence-corrected chi connectivity index (χ3v) is 2.60.